The van der Waals surface area contributed by atoms with E-state index in [9.17, 15) is 27.6 Å². The van der Waals surface area contributed by atoms with Gasteiger partial charge >= 0.3 is 24.0 Å². The van der Waals surface area contributed by atoms with Crippen LogP contribution in [-0.4, -0.2) is 22.9 Å². The van der Waals surface area contributed by atoms with Gasteiger partial charge in [-0.15, -0.1) is 5.92 Å². The van der Waals surface area contributed by atoms with E-state index in [4.69, 9.17) is 5.11 Å². The number of carbonyl (C=O) groups excluding carboxylic acids is 2. The highest BCUT2D eigenvalue weighted by Crippen LogP contribution is 2.37. The summed E-state index contributed by atoms with van der Waals surface area (Å²) < 4.78 is 40.2. The van der Waals surface area contributed by atoms with Gasteiger partial charge in [-0.1, -0.05) is 44.9 Å². The monoisotopic (exact) mass is 474 g/mol. The Kier molecular flexibility index (Phi) is 8.11. The van der Waals surface area contributed by atoms with Crippen molar-refractivity contribution in [1.29, 1.82) is 0 Å². The molecule has 9 heteroatoms. The van der Waals surface area contributed by atoms with Gasteiger partial charge in [0.25, 0.3) is 0 Å². The summed E-state index contributed by atoms with van der Waals surface area (Å²) in [6.45, 7) is 7.02. The molecule has 0 spiro atoms. The quantitative estimate of drug-likeness (QED) is 0.412. The lowest BCUT2D eigenvalue weighted by Crippen LogP contribution is -2.30. The second-order valence-corrected chi connectivity index (χ2v) is 8.58. The summed E-state index contributed by atoms with van der Waals surface area (Å²) in [4.78, 5) is 35.7. The van der Waals surface area contributed by atoms with Crippen molar-refractivity contribution >= 4 is 29.2 Å². The third kappa shape index (κ3) is 7.10. The molecule has 0 saturated carbocycles. The first kappa shape index (κ1) is 26.5. The molecule has 34 heavy (non-hydrogen) atoms. The van der Waals surface area contributed by atoms with Crippen molar-refractivity contribution in [3.05, 3.63) is 59.2 Å². The molecule has 2 rings (SSSR count). The van der Waals surface area contributed by atoms with Gasteiger partial charge in [0.2, 0.25) is 0 Å². The fourth-order valence-corrected chi connectivity index (χ4v) is 3.13. The normalized spacial score (nSPS) is 12.2. The Hall–Kier alpha value is -3.80. The van der Waals surface area contributed by atoms with Gasteiger partial charge in [-0.25, -0.2) is 0 Å². The van der Waals surface area contributed by atoms with Crippen molar-refractivity contribution in [2.45, 2.75) is 51.6 Å². The van der Waals surface area contributed by atoms with Gasteiger partial charge in [-0.3, -0.25) is 14.4 Å². The number of benzene rings is 2. The van der Waals surface area contributed by atoms with Gasteiger partial charge in [-0.05, 0) is 47.7 Å². The summed E-state index contributed by atoms with van der Waals surface area (Å²) in [5, 5.41) is 13.4. The third-order valence-electron chi connectivity index (χ3n) is 4.91. The summed E-state index contributed by atoms with van der Waals surface area (Å²) >= 11 is 0. The molecule has 0 saturated heterocycles. The van der Waals surface area contributed by atoms with Crippen LogP contribution >= 0.6 is 0 Å². The topological polar surface area (TPSA) is 95.5 Å². The van der Waals surface area contributed by atoms with Crippen LogP contribution in [0.4, 0.5) is 24.5 Å². The molecule has 3 N–H and O–H groups in total. The van der Waals surface area contributed by atoms with Gasteiger partial charge in [0.05, 0.1) is 23.6 Å². The third-order valence-corrected chi connectivity index (χ3v) is 4.91. The van der Waals surface area contributed by atoms with Crippen LogP contribution in [0.25, 0.3) is 0 Å². The van der Waals surface area contributed by atoms with Crippen LogP contribution in [-0.2, 0) is 26.0 Å². The van der Waals surface area contributed by atoms with Crippen molar-refractivity contribution in [3.63, 3.8) is 0 Å². The fourth-order valence-electron chi connectivity index (χ4n) is 3.13. The molecule has 0 aliphatic carbocycles. The van der Waals surface area contributed by atoms with E-state index >= 15 is 0 Å². The average Bonchev–Trinajstić information content (AvgIpc) is 2.72. The van der Waals surface area contributed by atoms with Gasteiger partial charge < -0.3 is 15.7 Å². The number of rotatable bonds is 5. The van der Waals surface area contributed by atoms with E-state index in [-0.39, 0.29) is 12.1 Å². The van der Waals surface area contributed by atoms with Crippen molar-refractivity contribution in [3.8, 4) is 11.8 Å². The summed E-state index contributed by atoms with van der Waals surface area (Å²) in [5.41, 5.74) is -0.681. The number of alkyl halides is 3. The first-order valence-corrected chi connectivity index (χ1v) is 10.3. The van der Waals surface area contributed by atoms with Crippen LogP contribution in [0, 0.1) is 11.8 Å². The Morgan fingerprint density at radius 2 is 1.56 bits per heavy atom. The Balaban J connectivity index is 2.20. The standard InChI is InChI=1S/C25H25F3N2O4/c1-5-6-16(13-21(31)32)15-7-10-18(11-8-15)29-22(33)23(34)30-20-14-17(24(2,3)4)9-12-19(20)25(26,27)28/h7-12,14,16H,13H2,1-4H3,(H,29,33)(H,30,34)(H,31,32)/t16-/m0/s1. The highest BCUT2D eigenvalue weighted by molar-refractivity contribution is 6.43. The molecule has 1 atom stereocenters. The molecule has 2 aromatic carbocycles. The predicted molar refractivity (Wildman–Crippen MR) is 122 cm³/mol. The maximum absolute atomic E-state index is 13.4. The number of anilines is 2. The number of halogens is 3. The molecule has 0 fully saturated rings. The minimum Gasteiger partial charge on any atom is -0.481 e. The van der Waals surface area contributed by atoms with E-state index in [1.807, 2.05) is 20.8 Å². The molecule has 0 aromatic heterocycles. The highest BCUT2D eigenvalue weighted by atomic mass is 19.4. The number of hydrogen-bond acceptors (Lipinski definition) is 3. The molecule has 2 amide bonds. The van der Waals surface area contributed by atoms with E-state index < -0.39 is 46.5 Å². The predicted octanol–water partition coefficient (Wildman–Crippen LogP) is 5.16. The largest absolute Gasteiger partial charge is 0.481 e. The van der Waals surface area contributed by atoms with Crippen LogP contribution in [0.1, 0.15) is 56.7 Å². The number of carbonyl (C=O) groups is 3. The van der Waals surface area contributed by atoms with E-state index in [0.717, 1.165) is 6.07 Å². The smallest absolute Gasteiger partial charge is 0.418 e. The molecule has 2 aromatic rings. The zero-order valence-corrected chi connectivity index (χ0v) is 19.1. The molecule has 0 heterocycles. The number of hydrogen-bond donors (Lipinski definition) is 3. The zero-order chi connectivity index (χ0) is 25.7. The number of carboxylic acids is 1. The maximum atomic E-state index is 13.4. The molecule has 0 aliphatic rings. The Labute approximate surface area is 195 Å². The van der Waals surface area contributed by atoms with Crippen molar-refractivity contribution < 1.29 is 32.7 Å². The molecule has 6 nitrogen and oxygen atoms in total. The van der Waals surface area contributed by atoms with Gasteiger partial charge in [0.15, 0.2) is 0 Å². The average molecular weight is 474 g/mol. The highest BCUT2D eigenvalue weighted by Gasteiger charge is 2.35. The lowest BCUT2D eigenvalue weighted by atomic mass is 9.86. The summed E-state index contributed by atoms with van der Waals surface area (Å²) in [6.07, 6.45) is -4.93. The summed E-state index contributed by atoms with van der Waals surface area (Å²) in [5.74, 6) is 1.48. The SMILES string of the molecule is CC#C[C@@H](CC(=O)O)c1ccc(NC(=O)C(=O)Nc2cc(C(C)(C)C)ccc2C(F)(F)F)cc1. The minimum atomic E-state index is -4.72. The maximum Gasteiger partial charge on any atom is 0.418 e. The van der Waals surface area contributed by atoms with Gasteiger partial charge in [0, 0.05) is 5.69 Å². The number of amides is 2. The number of nitrogens with one attached hydrogen (secondary N) is 2. The first-order valence-electron chi connectivity index (χ1n) is 10.3. The Morgan fingerprint density at radius 3 is 2.06 bits per heavy atom. The summed E-state index contributed by atoms with van der Waals surface area (Å²) in [7, 11) is 0. The second-order valence-electron chi connectivity index (χ2n) is 8.58. The minimum absolute atomic E-state index is 0.204. The lowest BCUT2D eigenvalue weighted by Gasteiger charge is -2.22. The molecule has 0 bridgehead atoms. The zero-order valence-electron chi connectivity index (χ0n) is 19.1. The molecular weight excluding hydrogens is 449 g/mol. The van der Waals surface area contributed by atoms with Crippen LogP contribution in [0.3, 0.4) is 0 Å². The fraction of sp³-hybridized carbons (Fsp3) is 0.320. The molecule has 0 aliphatic heterocycles. The van der Waals surface area contributed by atoms with Gasteiger partial charge in [0.1, 0.15) is 0 Å². The van der Waals surface area contributed by atoms with Gasteiger partial charge in [-0.2, -0.15) is 13.2 Å². The lowest BCUT2D eigenvalue weighted by molar-refractivity contribution is -0.138. The molecule has 180 valence electrons. The van der Waals surface area contributed by atoms with E-state index in [1.54, 1.807) is 19.1 Å². The summed E-state index contributed by atoms with van der Waals surface area (Å²) in [6, 6.07) is 9.43. The Morgan fingerprint density at radius 1 is 0.971 bits per heavy atom. The van der Waals surface area contributed by atoms with E-state index in [1.165, 1.54) is 24.3 Å². The van der Waals surface area contributed by atoms with Crippen molar-refractivity contribution in [1.82, 2.24) is 0 Å². The van der Waals surface area contributed by atoms with Crippen molar-refractivity contribution in [2.75, 3.05) is 10.6 Å². The van der Waals surface area contributed by atoms with Crippen molar-refractivity contribution in [2.24, 2.45) is 0 Å². The van der Waals surface area contributed by atoms with Crippen LogP contribution in [0.15, 0.2) is 42.5 Å². The number of aliphatic carboxylic acids is 1. The number of carboxylic acid groups (broad SMARTS) is 1. The molecule has 0 unspecified atom stereocenters. The first-order chi connectivity index (χ1) is 15.7. The van der Waals surface area contributed by atoms with Crippen LogP contribution in [0.5, 0.6) is 0 Å². The van der Waals surface area contributed by atoms with E-state index in [0.29, 0.717) is 11.1 Å². The van der Waals surface area contributed by atoms with Crippen LogP contribution in [0.2, 0.25) is 0 Å². The Bertz CT molecular complexity index is 1140. The molecule has 0 radical (unpaired) electrons. The second kappa shape index (κ2) is 10.4. The molecular formula is C25H25F3N2O4. The van der Waals surface area contributed by atoms with E-state index in [2.05, 4.69) is 22.5 Å². The van der Waals surface area contributed by atoms with Crippen LogP contribution < -0.4 is 10.6 Å².